The average Bonchev–Trinajstić information content (AvgIpc) is 2.69. The third kappa shape index (κ3) is 9.84. The molecule has 0 atom stereocenters. The SMILES string of the molecule is CCCCc1ccc(COc2ccc(C=CCNCCC(=O)O)c(Cl)c2)cc1.Cl. The summed E-state index contributed by atoms with van der Waals surface area (Å²) in [5, 5.41) is 12.2. The van der Waals surface area contributed by atoms with Crippen LogP contribution in [0.2, 0.25) is 5.02 Å². The van der Waals surface area contributed by atoms with Crippen LogP contribution in [0.5, 0.6) is 5.75 Å². The topological polar surface area (TPSA) is 58.6 Å². The van der Waals surface area contributed by atoms with Crippen LogP contribution >= 0.6 is 24.0 Å². The summed E-state index contributed by atoms with van der Waals surface area (Å²) in [6.07, 6.45) is 7.49. The molecule has 0 aromatic heterocycles. The monoisotopic (exact) mass is 437 g/mol. The summed E-state index contributed by atoms with van der Waals surface area (Å²) >= 11 is 6.33. The van der Waals surface area contributed by atoms with Crippen molar-refractivity contribution >= 4 is 36.1 Å². The maximum atomic E-state index is 10.4. The van der Waals surface area contributed by atoms with Gasteiger partial charge in [0.1, 0.15) is 12.4 Å². The van der Waals surface area contributed by atoms with E-state index < -0.39 is 5.97 Å². The van der Waals surface area contributed by atoms with Gasteiger partial charge in [-0.3, -0.25) is 4.79 Å². The number of hydrogen-bond acceptors (Lipinski definition) is 3. The van der Waals surface area contributed by atoms with Crippen LogP contribution in [0, 0.1) is 0 Å². The standard InChI is InChI=1S/C23H28ClNO3.ClH/c1-2-3-5-18-7-9-19(10-8-18)17-28-21-12-11-20(22(24)16-21)6-4-14-25-15-13-23(26)27;/h4,6-12,16,25H,2-3,5,13-15,17H2,1H3,(H,26,27);1H. The lowest BCUT2D eigenvalue weighted by atomic mass is 10.1. The Morgan fingerprint density at radius 1 is 1.17 bits per heavy atom. The summed E-state index contributed by atoms with van der Waals surface area (Å²) in [6.45, 7) is 3.75. The highest BCUT2D eigenvalue weighted by atomic mass is 35.5. The Kier molecular flexibility index (Phi) is 12.1. The van der Waals surface area contributed by atoms with Gasteiger partial charge < -0.3 is 15.2 Å². The van der Waals surface area contributed by atoms with Crippen LogP contribution in [0.4, 0.5) is 0 Å². The van der Waals surface area contributed by atoms with Crippen molar-refractivity contribution in [2.24, 2.45) is 0 Å². The summed E-state index contributed by atoms with van der Waals surface area (Å²) in [5.41, 5.74) is 3.39. The fourth-order valence-corrected chi connectivity index (χ4v) is 2.88. The van der Waals surface area contributed by atoms with Crippen LogP contribution in [0.1, 0.15) is 42.9 Å². The van der Waals surface area contributed by atoms with Crippen LogP contribution in [0.25, 0.3) is 6.08 Å². The lowest BCUT2D eigenvalue weighted by Crippen LogP contribution is -2.17. The van der Waals surface area contributed by atoms with Gasteiger partial charge in [-0.25, -0.2) is 0 Å². The first-order chi connectivity index (χ1) is 13.6. The summed E-state index contributed by atoms with van der Waals surface area (Å²) in [4.78, 5) is 10.4. The summed E-state index contributed by atoms with van der Waals surface area (Å²) in [6, 6.07) is 14.2. The molecule has 2 aromatic rings. The number of rotatable bonds is 12. The molecule has 0 aliphatic heterocycles. The minimum absolute atomic E-state index is 0. The Morgan fingerprint density at radius 2 is 1.90 bits per heavy atom. The first-order valence-electron chi connectivity index (χ1n) is 9.67. The molecule has 0 amide bonds. The summed E-state index contributed by atoms with van der Waals surface area (Å²) in [5.74, 6) is -0.0701. The first kappa shape index (κ1) is 25.0. The highest BCUT2D eigenvalue weighted by Crippen LogP contribution is 2.24. The van der Waals surface area contributed by atoms with Crippen LogP contribution in [-0.2, 0) is 17.8 Å². The number of ether oxygens (including phenoxy) is 1. The van der Waals surface area contributed by atoms with E-state index in [4.69, 9.17) is 21.4 Å². The van der Waals surface area contributed by atoms with Gasteiger partial charge in [-0.15, -0.1) is 12.4 Å². The number of halogens is 2. The predicted molar refractivity (Wildman–Crippen MR) is 122 cm³/mol. The quantitative estimate of drug-likeness (QED) is 0.414. The molecule has 158 valence electrons. The third-order valence-corrected chi connectivity index (χ3v) is 4.62. The van der Waals surface area contributed by atoms with Crippen molar-refractivity contribution < 1.29 is 14.6 Å². The zero-order valence-corrected chi connectivity index (χ0v) is 18.3. The maximum absolute atomic E-state index is 10.4. The van der Waals surface area contributed by atoms with Gasteiger partial charge in [0, 0.05) is 13.1 Å². The molecule has 2 aromatic carbocycles. The molecule has 0 heterocycles. The Labute approximate surface area is 184 Å². The Morgan fingerprint density at radius 3 is 2.55 bits per heavy atom. The van der Waals surface area contributed by atoms with Crippen LogP contribution in [0.15, 0.2) is 48.5 Å². The van der Waals surface area contributed by atoms with Crippen molar-refractivity contribution in [2.75, 3.05) is 13.1 Å². The molecule has 6 heteroatoms. The second-order valence-corrected chi connectivity index (χ2v) is 7.05. The van der Waals surface area contributed by atoms with E-state index in [1.165, 1.54) is 18.4 Å². The molecular formula is C23H29Cl2NO3. The molecule has 0 saturated carbocycles. The van der Waals surface area contributed by atoms with E-state index in [1.807, 2.05) is 30.4 Å². The molecule has 29 heavy (non-hydrogen) atoms. The van der Waals surface area contributed by atoms with E-state index in [1.54, 1.807) is 0 Å². The van der Waals surface area contributed by atoms with Gasteiger partial charge in [0.05, 0.1) is 11.4 Å². The smallest absolute Gasteiger partial charge is 0.304 e. The second kappa shape index (κ2) is 14.0. The zero-order chi connectivity index (χ0) is 20.2. The van der Waals surface area contributed by atoms with E-state index in [9.17, 15) is 4.79 Å². The van der Waals surface area contributed by atoms with Crippen molar-refractivity contribution in [3.63, 3.8) is 0 Å². The lowest BCUT2D eigenvalue weighted by molar-refractivity contribution is -0.136. The number of aryl methyl sites for hydroxylation is 1. The van der Waals surface area contributed by atoms with Gasteiger partial charge in [0.2, 0.25) is 0 Å². The highest BCUT2D eigenvalue weighted by molar-refractivity contribution is 6.32. The number of aliphatic carboxylic acids is 1. The molecule has 2 rings (SSSR count). The van der Waals surface area contributed by atoms with E-state index in [2.05, 4.69) is 36.5 Å². The number of hydrogen-bond donors (Lipinski definition) is 2. The normalized spacial score (nSPS) is 10.7. The molecule has 0 aliphatic rings. The number of benzene rings is 2. The molecule has 0 saturated heterocycles. The lowest BCUT2D eigenvalue weighted by Gasteiger charge is -2.09. The van der Waals surface area contributed by atoms with Gasteiger partial charge in [-0.05, 0) is 47.7 Å². The predicted octanol–water partition coefficient (Wildman–Crippen LogP) is 5.76. The maximum Gasteiger partial charge on any atom is 0.304 e. The van der Waals surface area contributed by atoms with Gasteiger partial charge in [-0.1, -0.05) is 61.4 Å². The summed E-state index contributed by atoms with van der Waals surface area (Å²) < 4.78 is 5.85. The largest absolute Gasteiger partial charge is 0.489 e. The number of carbonyl (C=O) groups is 1. The van der Waals surface area contributed by atoms with Crippen LogP contribution in [-0.4, -0.2) is 24.2 Å². The van der Waals surface area contributed by atoms with Crippen molar-refractivity contribution in [3.05, 3.63) is 70.3 Å². The van der Waals surface area contributed by atoms with E-state index >= 15 is 0 Å². The molecule has 0 aliphatic carbocycles. The van der Waals surface area contributed by atoms with Gasteiger partial charge in [0.15, 0.2) is 0 Å². The average molecular weight is 438 g/mol. The highest BCUT2D eigenvalue weighted by Gasteiger charge is 2.02. The van der Waals surface area contributed by atoms with Crippen molar-refractivity contribution in [1.29, 1.82) is 0 Å². The molecule has 0 unspecified atom stereocenters. The van der Waals surface area contributed by atoms with Gasteiger partial charge in [0.25, 0.3) is 0 Å². The van der Waals surface area contributed by atoms with Crippen molar-refractivity contribution in [1.82, 2.24) is 5.32 Å². The zero-order valence-electron chi connectivity index (χ0n) is 16.7. The number of carboxylic acid groups (broad SMARTS) is 1. The number of unbranched alkanes of at least 4 members (excludes halogenated alkanes) is 1. The molecule has 0 bridgehead atoms. The molecule has 0 fully saturated rings. The minimum atomic E-state index is -0.803. The Hall–Kier alpha value is -2.01. The Bertz CT molecular complexity index is 776. The number of nitrogens with one attached hydrogen (secondary N) is 1. The fraction of sp³-hybridized carbons (Fsp3) is 0.348. The van der Waals surface area contributed by atoms with Crippen molar-refractivity contribution in [2.45, 2.75) is 39.2 Å². The molecular weight excluding hydrogens is 409 g/mol. The summed E-state index contributed by atoms with van der Waals surface area (Å²) in [7, 11) is 0. The molecule has 2 N–H and O–H groups in total. The van der Waals surface area contributed by atoms with Crippen LogP contribution in [0.3, 0.4) is 0 Å². The number of carboxylic acids is 1. The van der Waals surface area contributed by atoms with Gasteiger partial charge >= 0.3 is 5.97 Å². The van der Waals surface area contributed by atoms with Crippen LogP contribution < -0.4 is 10.1 Å². The van der Waals surface area contributed by atoms with Crippen molar-refractivity contribution in [3.8, 4) is 5.75 Å². The third-order valence-electron chi connectivity index (χ3n) is 4.29. The first-order valence-corrected chi connectivity index (χ1v) is 10.1. The minimum Gasteiger partial charge on any atom is -0.489 e. The molecule has 0 spiro atoms. The molecule has 4 nitrogen and oxygen atoms in total. The van der Waals surface area contributed by atoms with Gasteiger partial charge in [-0.2, -0.15) is 0 Å². The Balaban J connectivity index is 0.00000420. The van der Waals surface area contributed by atoms with E-state index in [-0.39, 0.29) is 18.8 Å². The van der Waals surface area contributed by atoms with E-state index in [0.29, 0.717) is 24.7 Å². The fourth-order valence-electron chi connectivity index (χ4n) is 2.65. The second-order valence-electron chi connectivity index (χ2n) is 6.64. The molecule has 0 radical (unpaired) electrons. The van der Waals surface area contributed by atoms with E-state index in [0.717, 1.165) is 23.3 Å².